The second-order valence-corrected chi connectivity index (χ2v) is 7.25. The molecule has 5 heteroatoms. The fraction of sp³-hybridized carbons (Fsp3) is 0.364. The smallest absolute Gasteiger partial charge is 0.416 e. The molecule has 0 aromatic heterocycles. The molecule has 1 aliphatic rings. The number of carbonyl (C=O) groups excluding carboxylic acids is 2. The van der Waals surface area contributed by atoms with Gasteiger partial charge in [0.2, 0.25) is 5.91 Å². The van der Waals surface area contributed by atoms with Crippen molar-refractivity contribution in [3.63, 3.8) is 0 Å². The van der Waals surface area contributed by atoms with E-state index in [4.69, 9.17) is 4.74 Å². The van der Waals surface area contributed by atoms with E-state index < -0.39 is 24.0 Å². The van der Waals surface area contributed by atoms with Crippen molar-refractivity contribution in [3.8, 4) is 0 Å². The van der Waals surface area contributed by atoms with E-state index >= 15 is 0 Å². The molecule has 1 heterocycles. The third-order valence-electron chi connectivity index (χ3n) is 5.05. The summed E-state index contributed by atoms with van der Waals surface area (Å²) in [7, 11) is 0. The van der Waals surface area contributed by atoms with E-state index in [0.29, 0.717) is 12.0 Å². The van der Waals surface area contributed by atoms with Crippen molar-refractivity contribution in [1.29, 1.82) is 0 Å². The molecule has 5 nitrogen and oxygen atoms in total. The summed E-state index contributed by atoms with van der Waals surface area (Å²) >= 11 is 0. The number of hydrogen-bond acceptors (Lipinski definition) is 4. The zero-order chi connectivity index (χ0) is 19.4. The van der Waals surface area contributed by atoms with Gasteiger partial charge < -0.3 is 9.84 Å². The molecular formula is C22H25NO4. The molecule has 1 fully saturated rings. The summed E-state index contributed by atoms with van der Waals surface area (Å²) in [6.07, 6.45) is -1.30. The van der Waals surface area contributed by atoms with Crippen LogP contribution in [-0.2, 0) is 16.0 Å². The van der Waals surface area contributed by atoms with E-state index in [1.54, 1.807) is 12.1 Å². The van der Waals surface area contributed by atoms with Gasteiger partial charge in [-0.3, -0.25) is 4.79 Å². The van der Waals surface area contributed by atoms with E-state index in [2.05, 4.69) is 0 Å². The standard InChI is InChI=1S/C22H25NO4/c1-15(2)19-14-27-22(26)23(19)21(25)18(13-16-9-5-3-6-10-16)20(24)17-11-7-4-8-12-17/h3-12,15,18-20,24H,13-14H2,1-2H3/t18-,19-,20-/m0/s1. The molecule has 3 rings (SSSR count). The van der Waals surface area contributed by atoms with Crippen molar-refractivity contribution >= 4 is 12.0 Å². The van der Waals surface area contributed by atoms with Crippen molar-refractivity contribution in [2.75, 3.05) is 6.61 Å². The van der Waals surface area contributed by atoms with Gasteiger partial charge in [-0.25, -0.2) is 9.69 Å². The Morgan fingerprint density at radius 3 is 2.30 bits per heavy atom. The number of aliphatic hydroxyl groups is 1. The summed E-state index contributed by atoms with van der Waals surface area (Å²) in [5.74, 6) is -1.09. The lowest BCUT2D eigenvalue weighted by molar-refractivity contribution is -0.138. The zero-order valence-electron chi connectivity index (χ0n) is 15.6. The van der Waals surface area contributed by atoms with Gasteiger partial charge in [-0.15, -0.1) is 0 Å². The predicted molar refractivity (Wildman–Crippen MR) is 102 cm³/mol. The molecule has 0 unspecified atom stereocenters. The summed E-state index contributed by atoms with van der Waals surface area (Å²) in [5.41, 5.74) is 1.58. The molecule has 1 saturated heterocycles. The highest BCUT2D eigenvalue weighted by molar-refractivity contribution is 5.95. The van der Waals surface area contributed by atoms with Crippen LogP contribution in [0.15, 0.2) is 60.7 Å². The van der Waals surface area contributed by atoms with Crippen LogP contribution in [0.3, 0.4) is 0 Å². The zero-order valence-corrected chi connectivity index (χ0v) is 15.6. The van der Waals surface area contributed by atoms with Gasteiger partial charge in [-0.1, -0.05) is 74.5 Å². The predicted octanol–water partition coefficient (Wildman–Crippen LogP) is 3.58. The van der Waals surface area contributed by atoms with Crippen molar-refractivity contribution < 1.29 is 19.4 Å². The van der Waals surface area contributed by atoms with E-state index in [1.165, 1.54) is 4.90 Å². The first-order valence-electron chi connectivity index (χ1n) is 9.25. The fourth-order valence-electron chi connectivity index (χ4n) is 3.44. The molecular weight excluding hydrogens is 342 g/mol. The largest absolute Gasteiger partial charge is 0.447 e. The highest BCUT2D eigenvalue weighted by Crippen LogP contribution is 2.30. The highest BCUT2D eigenvalue weighted by atomic mass is 16.6. The first-order valence-corrected chi connectivity index (χ1v) is 9.25. The normalized spacial score (nSPS) is 19.0. The number of carbonyl (C=O) groups is 2. The molecule has 0 spiro atoms. The van der Waals surface area contributed by atoms with Crippen LogP contribution in [0.1, 0.15) is 31.1 Å². The van der Waals surface area contributed by atoms with Crippen LogP contribution < -0.4 is 0 Å². The van der Waals surface area contributed by atoms with Crippen molar-refractivity contribution in [2.45, 2.75) is 32.4 Å². The summed E-state index contributed by atoms with van der Waals surface area (Å²) in [6.45, 7) is 4.10. The lowest BCUT2D eigenvalue weighted by atomic mass is 9.88. The Bertz CT molecular complexity index is 775. The number of aliphatic hydroxyl groups excluding tert-OH is 1. The van der Waals surface area contributed by atoms with Gasteiger partial charge in [0.05, 0.1) is 18.1 Å². The van der Waals surface area contributed by atoms with Gasteiger partial charge in [0.25, 0.3) is 0 Å². The second-order valence-electron chi connectivity index (χ2n) is 7.25. The van der Waals surface area contributed by atoms with Crippen LogP contribution in [0.4, 0.5) is 4.79 Å². The molecule has 1 N–H and O–H groups in total. The SMILES string of the molecule is CC(C)[C@@H]1COC(=O)N1C(=O)[C@@H](Cc1ccccc1)[C@@H](O)c1ccccc1. The van der Waals surface area contributed by atoms with Gasteiger partial charge in [-0.2, -0.15) is 0 Å². The van der Waals surface area contributed by atoms with Crippen LogP contribution >= 0.6 is 0 Å². The average Bonchev–Trinajstić information content (AvgIpc) is 3.08. The number of rotatable bonds is 6. The topological polar surface area (TPSA) is 66.8 Å². The number of amides is 2. The molecule has 0 saturated carbocycles. The van der Waals surface area contributed by atoms with Crippen LogP contribution in [0.5, 0.6) is 0 Å². The first kappa shape index (κ1) is 19.1. The molecule has 0 bridgehead atoms. The fourth-order valence-corrected chi connectivity index (χ4v) is 3.44. The van der Waals surface area contributed by atoms with Crippen LogP contribution in [0.2, 0.25) is 0 Å². The summed E-state index contributed by atoms with van der Waals surface area (Å²) in [4.78, 5) is 26.8. The minimum Gasteiger partial charge on any atom is -0.447 e. The minimum atomic E-state index is -1.01. The Morgan fingerprint density at radius 1 is 1.11 bits per heavy atom. The van der Waals surface area contributed by atoms with Gasteiger partial charge >= 0.3 is 6.09 Å². The molecule has 2 aromatic rings. The highest BCUT2D eigenvalue weighted by Gasteiger charge is 2.44. The Hall–Kier alpha value is -2.66. The van der Waals surface area contributed by atoms with Gasteiger partial charge in [0.15, 0.2) is 0 Å². The van der Waals surface area contributed by atoms with Gasteiger partial charge in [0.1, 0.15) is 6.61 Å². The van der Waals surface area contributed by atoms with Crippen LogP contribution in [-0.4, -0.2) is 34.7 Å². The van der Waals surface area contributed by atoms with E-state index in [0.717, 1.165) is 5.56 Å². The second kappa shape index (κ2) is 8.35. The average molecular weight is 367 g/mol. The number of ether oxygens (including phenoxy) is 1. The molecule has 2 amide bonds. The Kier molecular flexibility index (Phi) is 5.91. The molecule has 142 valence electrons. The van der Waals surface area contributed by atoms with Gasteiger partial charge in [0, 0.05) is 0 Å². The molecule has 27 heavy (non-hydrogen) atoms. The Morgan fingerprint density at radius 2 is 1.70 bits per heavy atom. The number of cyclic esters (lactones) is 1. The quantitative estimate of drug-likeness (QED) is 0.847. The van der Waals surface area contributed by atoms with Crippen molar-refractivity contribution in [2.24, 2.45) is 11.8 Å². The van der Waals surface area contributed by atoms with Crippen molar-refractivity contribution in [3.05, 3.63) is 71.8 Å². The molecule has 2 aromatic carbocycles. The third kappa shape index (κ3) is 4.19. The number of benzene rings is 2. The molecule has 1 aliphatic heterocycles. The maximum absolute atomic E-state index is 13.4. The third-order valence-corrected chi connectivity index (χ3v) is 5.05. The Labute approximate surface area is 159 Å². The summed E-state index contributed by atoms with van der Waals surface area (Å²) in [6, 6.07) is 18.3. The Balaban J connectivity index is 1.93. The van der Waals surface area contributed by atoms with Crippen LogP contribution in [0, 0.1) is 11.8 Å². The van der Waals surface area contributed by atoms with Crippen molar-refractivity contribution in [1.82, 2.24) is 4.90 Å². The van der Waals surface area contributed by atoms with Crippen LogP contribution in [0.25, 0.3) is 0 Å². The first-order chi connectivity index (χ1) is 13.0. The maximum atomic E-state index is 13.4. The lowest BCUT2D eigenvalue weighted by Crippen LogP contribution is -2.46. The van der Waals surface area contributed by atoms with Gasteiger partial charge in [-0.05, 0) is 23.5 Å². The molecule has 3 atom stereocenters. The minimum absolute atomic E-state index is 0.0756. The van der Waals surface area contributed by atoms with E-state index in [-0.39, 0.29) is 18.6 Å². The van der Waals surface area contributed by atoms with E-state index in [1.807, 2.05) is 62.4 Å². The summed E-state index contributed by atoms with van der Waals surface area (Å²) < 4.78 is 5.13. The van der Waals surface area contributed by atoms with E-state index in [9.17, 15) is 14.7 Å². The molecule has 0 radical (unpaired) electrons. The molecule has 0 aliphatic carbocycles. The summed E-state index contributed by atoms with van der Waals surface area (Å²) in [5, 5.41) is 11.0. The maximum Gasteiger partial charge on any atom is 0.416 e. The number of nitrogens with zero attached hydrogens (tertiary/aromatic N) is 1. The number of imide groups is 1. The monoisotopic (exact) mass is 367 g/mol. The number of hydrogen-bond donors (Lipinski definition) is 1. The lowest BCUT2D eigenvalue weighted by Gasteiger charge is -2.29.